The predicted octanol–water partition coefficient (Wildman–Crippen LogP) is 1.08. The van der Waals surface area contributed by atoms with Crippen LogP contribution in [0.3, 0.4) is 0 Å². The summed E-state index contributed by atoms with van der Waals surface area (Å²) in [5.74, 6) is 0. The Labute approximate surface area is 68.4 Å². The van der Waals surface area contributed by atoms with Crippen LogP contribution in [-0.2, 0) is 29.4 Å². The van der Waals surface area contributed by atoms with Gasteiger partial charge >= 0.3 is 0 Å². The quantitative estimate of drug-likeness (QED) is 0.562. The van der Waals surface area contributed by atoms with Gasteiger partial charge in [-0.3, -0.25) is 0 Å². The Hall–Kier alpha value is 0.170. The van der Waals surface area contributed by atoms with E-state index in [1.807, 2.05) is 24.0 Å². The molecule has 0 fully saturated rings. The van der Waals surface area contributed by atoms with Crippen LogP contribution in [0, 0.1) is 4.77 Å². The van der Waals surface area contributed by atoms with Crippen LogP contribution in [-0.4, -0.2) is 9.55 Å². The zero-order chi connectivity index (χ0) is 5.28. The van der Waals surface area contributed by atoms with E-state index in [9.17, 15) is 0 Å². The average molecular weight is 311 g/mol. The number of aromatic nitrogens is 2. The summed E-state index contributed by atoms with van der Waals surface area (Å²) in [6.07, 6.45) is 3.69. The van der Waals surface area contributed by atoms with E-state index in [0.29, 0.717) is 0 Å². The van der Waals surface area contributed by atoms with Crippen molar-refractivity contribution in [2.45, 2.75) is 0 Å². The first kappa shape index (κ1) is 8.17. The maximum Gasteiger partial charge on any atom is 0.176 e. The molecule has 0 saturated heterocycles. The minimum atomic E-state index is 0. The first-order chi connectivity index (χ1) is 3.30. The van der Waals surface area contributed by atoms with Crippen LogP contribution in [0.5, 0.6) is 0 Å². The van der Waals surface area contributed by atoms with Crippen LogP contribution in [0.15, 0.2) is 12.4 Å². The Morgan fingerprint density at radius 1 is 1.75 bits per heavy atom. The molecular weight excluding hydrogens is 305 g/mol. The average Bonchev–Trinajstić information content (AvgIpc) is 1.91. The summed E-state index contributed by atoms with van der Waals surface area (Å²) < 4.78 is 2.61. The Bertz CT molecular complexity index is 202. The van der Waals surface area contributed by atoms with Crippen LogP contribution < -0.4 is 0 Å². The zero-order valence-electron chi connectivity index (χ0n) is 4.31. The number of hydrogen-bond donors (Lipinski definition) is 1. The molecule has 0 amide bonds. The van der Waals surface area contributed by atoms with Gasteiger partial charge in [0.1, 0.15) is 0 Å². The van der Waals surface area contributed by atoms with Gasteiger partial charge < -0.3 is 9.55 Å². The normalized spacial score (nSPS) is 8.12. The van der Waals surface area contributed by atoms with E-state index in [0.717, 1.165) is 4.77 Å². The van der Waals surface area contributed by atoms with Crippen LogP contribution in [0.4, 0.5) is 0 Å². The third kappa shape index (κ3) is 1.59. The van der Waals surface area contributed by atoms with Gasteiger partial charge in [-0.2, -0.15) is 0 Å². The topological polar surface area (TPSA) is 20.7 Å². The molecule has 0 aliphatic heterocycles. The molecule has 8 heavy (non-hydrogen) atoms. The first-order valence-corrected chi connectivity index (χ1v) is 2.41. The molecule has 1 aromatic rings. The van der Waals surface area contributed by atoms with Crippen molar-refractivity contribution in [2.75, 3.05) is 0 Å². The summed E-state index contributed by atoms with van der Waals surface area (Å²) in [6, 6.07) is 0. The smallest absolute Gasteiger partial charge is 0.176 e. The predicted molar refractivity (Wildman–Crippen MR) is 30.6 cm³/mol. The summed E-state index contributed by atoms with van der Waals surface area (Å²) in [5.41, 5.74) is 0. The van der Waals surface area contributed by atoms with Crippen molar-refractivity contribution < 1.29 is 22.4 Å². The molecule has 49 valence electrons. The summed E-state index contributed by atoms with van der Waals surface area (Å²) in [4.78, 5) is 2.85. The van der Waals surface area contributed by atoms with Crippen LogP contribution in [0.2, 0.25) is 0 Å². The van der Waals surface area contributed by atoms with E-state index >= 15 is 0 Å². The van der Waals surface area contributed by atoms with Gasteiger partial charge in [0.05, 0.1) is 0 Å². The van der Waals surface area contributed by atoms with Gasteiger partial charge in [0, 0.05) is 41.8 Å². The summed E-state index contributed by atoms with van der Waals surface area (Å²) in [5, 5.41) is 0. The molecule has 2 nitrogen and oxygen atoms in total. The maximum absolute atomic E-state index is 4.79. The second kappa shape index (κ2) is 3.25. The number of nitrogens with zero attached hydrogens (tertiary/aromatic N) is 1. The van der Waals surface area contributed by atoms with E-state index in [-0.39, 0.29) is 22.4 Å². The fraction of sp³-hybridized carbons (Fsp3) is 0.250. The molecule has 1 heterocycles. The molecule has 1 radical (unpaired) electrons. The van der Waals surface area contributed by atoms with Gasteiger partial charge in [-0.1, -0.05) is 0 Å². The number of imidazole rings is 1. The second-order valence-corrected chi connectivity index (χ2v) is 1.76. The Balaban J connectivity index is 0.000000490. The van der Waals surface area contributed by atoms with E-state index in [2.05, 4.69) is 4.98 Å². The molecule has 0 bridgehead atoms. The number of rotatable bonds is 0. The minimum Gasteiger partial charge on any atom is -0.337 e. The molecular formula is C4H6AuN2S. The standard InChI is InChI=1S/C4H6N2S.Au/c1-6-3-2-5-4(6)7;/h2-3H,1H3,(H,5,7);. The zero-order valence-corrected chi connectivity index (χ0v) is 7.29. The van der Waals surface area contributed by atoms with Gasteiger partial charge in [-0.25, -0.2) is 0 Å². The Morgan fingerprint density at radius 3 is 2.50 bits per heavy atom. The van der Waals surface area contributed by atoms with E-state index < -0.39 is 0 Å². The molecule has 1 N–H and O–H groups in total. The van der Waals surface area contributed by atoms with E-state index in [1.165, 1.54) is 0 Å². The molecule has 1 rings (SSSR count). The van der Waals surface area contributed by atoms with Gasteiger partial charge in [0.2, 0.25) is 0 Å². The Morgan fingerprint density at radius 2 is 2.38 bits per heavy atom. The number of H-pyrrole nitrogens is 1. The minimum absolute atomic E-state index is 0. The maximum atomic E-state index is 4.79. The number of aromatic amines is 1. The van der Waals surface area contributed by atoms with Crippen molar-refractivity contribution in [3.8, 4) is 0 Å². The van der Waals surface area contributed by atoms with Gasteiger partial charge in [0.15, 0.2) is 4.77 Å². The molecule has 1 aromatic heterocycles. The second-order valence-electron chi connectivity index (χ2n) is 1.38. The van der Waals surface area contributed by atoms with Gasteiger partial charge in [0.25, 0.3) is 0 Å². The van der Waals surface area contributed by atoms with Crippen molar-refractivity contribution in [3.05, 3.63) is 17.2 Å². The van der Waals surface area contributed by atoms with Gasteiger partial charge in [-0.15, -0.1) is 0 Å². The third-order valence-corrected chi connectivity index (χ3v) is 1.23. The van der Waals surface area contributed by atoms with E-state index in [1.54, 1.807) is 0 Å². The number of aryl methyl sites for hydroxylation is 1. The molecule has 0 aliphatic carbocycles. The fourth-order valence-corrected chi connectivity index (χ4v) is 0.519. The number of hydrogen-bond acceptors (Lipinski definition) is 1. The van der Waals surface area contributed by atoms with Gasteiger partial charge in [-0.05, 0) is 12.2 Å². The van der Waals surface area contributed by atoms with Crippen molar-refractivity contribution in [2.24, 2.45) is 7.05 Å². The summed E-state index contributed by atoms with van der Waals surface area (Å²) >= 11 is 4.79. The molecule has 0 aliphatic rings. The monoisotopic (exact) mass is 311 g/mol. The summed E-state index contributed by atoms with van der Waals surface area (Å²) in [6.45, 7) is 0. The molecule has 0 spiro atoms. The van der Waals surface area contributed by atoms with E-state index in [4.69, 9.17) is 12.2 Å². The first-order valence-electron chi connectivity index (χ1n) is 2.01. The van der Waals surface area contributed by atoms with Crippen molar-refractivity contribution >= 4 is 12.2 Å². The van der Waals surface area contributed by atoms with Crippen molar-refractivity contribution in [1.82, 2.24) is 9.55 Å². The van der Waals surface area contributed by atoms with Crippen LogP contribution >= 0.6 is 12.2 Å². The molecule has 0 aromatic carbocycles. The molecule has 0 unspecified atom stereocenters. The Kier molecular flexibility index (Phi) is 3.32. The fourth-order valence-electron chi connectivity index (χ4n) is 0.390. The number of nitrogens with one attached hydrogen (secondary N) is 1. The summed E-state index contributed by atoms with van der Waals surface area (Å²) in [7, 11) is 1.90. The van der Waals surface area contributed by atoms with Crippen LogP contribution in [0.25, 0.3) is 0 Å². The van der Waals surface area contributed by atoms with Crippen molar-refractivity contribution in [1.29, 1.82) is 0 Å². The molecule has 0 atom stereocenters. The van der Waals surface area contributed by atoms with Crippen molar-refractivity contribution in [3.63, 3.8) is 0 Å². The molecule has 0 saturated carbocycles. The molecule has 4 heteroatoms. The van der Waals surface area contributed by atoms with Crippen LogP contribution in [0.1, 0.15) is 0 Å². The third-order valence-electron chi connectivity index (χ3n) is 0.825. The SMILES string of the molecule is Cn1cc[nH]c1=S.[Au]. The largest absolute Gasteiger partial charge is 0.337 e.